The molecule has 0 fully saturated rings. The molecule has 118 valence electrons. The summed E-state index contributed by atoms with van der Waals surface area (Å²) in [6.07, 6.45) is 3.56. The van der Waals surface area contributed by atoms with E-state index in [4.69, 9.17) is 0 Å². The average molecular weight is 334 g/mol. The summed E-state index contributed by atoms with van der Waals surface area (Å²) in [5.74, 6) is 0.572. The lowest BCUT2D eigenvalue weighted by atomic mass is 10.2. The van der Waals surface area contributed by atoms with Crippen molar-refractivity contribution < 1.29 is 0 Å². The zero-order chi connectivity index (χ0) is 16.5. The molecular weight excluding hydrogens is 320 g/mol. The molecule has 0 saturated carbocycles. The van der Waals surface area contributed by atoms with Crippen molar-refractivity contribution in [3.63, 3.8) is 0 Å². The highest BCUT2D eigenvalue weighted by atomic mass is 32.2. The van der Waals surface area contributed by atoms with Gasteiger partial charge in [0.25, 0.3) is 5.56 Å². The number of aromatic nitrogens is 4. The maximum absolute atomic E-state index is 12.3. The lowest BCUT2D eigenvalue weighted by Crippen LogP contribution is -2.15. The second-order valence-corrected chi connectivity index (χ2v) is 6.51. The third-order valence-electron chi connectivity index (χ3n) is 3.75. The van der Waals surface area contributed by atoms with Gasteiger partial charge in [-0.3, -0.25) is 9.20 Å². The highest BCUT2D eigenvalue weighted by Crippen LogP contribution is 2.26. The number of aryl methyl sites for hydroxylation is 1. The molecule has 5 nitrogen and oxygen atoms in total. The molecular formula is C18H14N4OS. The minimum atomic E-state index is -0.0664. The van der Waals surface area contributed by atoms with Crippen LogP contribution in [0, 0.1) is 6.92 Å². The Labute approximate surface area is 142 Å². The van der Waals surface area contributed by atoms with E-state index in [2.05, 4.69) is 15.2 Å². The Bertz CT molecular complexity index is 1100. The molecule has 3 heterocycles. The zero-order valence-corrected chi connectivity index (χ0v) is 13.8. The number of nitrogens with zero attached hydrogens (tertiary/aromatic N) is 4. The fourth-order valence-corrected chi connectivity index (χ4v) is 3.46. The van der Waals surface area contributed by atoms with Crippen molar-refractivity contribution in [3.05, 3.63) is 76.5 Å². The van der Waals surface area contributed by atoms with Gasteiger partial charge in [0.1, 0.15) is 10.7 Å². The summed E-state index contributed by atoms with van der Waals surface area (Å²) in [6.45, 7) is 1.95. The van der Waals surface area contributed by atoms with Crippen molar-refractivity contribution in [1.29, 1.82) is 0 Å². The number of hydrogen-bond donors (Lipinski definition) is 0. The summed E-state index contributed by atoms with van der Waals surface area (Å²) in [6, 6.07) is 13.4. The molecule has 0 bridgehead atoms. The second-order valence-electron chi connectivity index (χ2n) is 5.55. The molecule has 0 aliphatic rings. The van der Waals surface area contributed by atoms with Gasteiger partial charge in [0.2, 0.25) is 0 Å². The van der Waals surface area contributed by atoms with Crippen molar-refractivity contribution in [1.82, 2.24) is 19.6 Å². The molecule has 0 unspecified atom stereocenters. The first kappa shape index (κ1) is 14.8. The van der Waals surface area contributed by atoms with Gasteiger partial charge in [-0.2, -0.15) is 5.10 Å². The van der Waals surface area contributed by atoms with Crippen LogP contribution >= 0.6 is 11.8 Å². The molecule has 0 radical (unpaired) electrons. The van der Waals surface area contributed by atoms with Gasteiger partial charge >= 0.3 is 0 Å². The molecule has 1 aromatic carbocycles. The van der Waals surface area contributed by atoms with Gasteiger partial charge in [-0.05, 0) is 18.6 Å². The molecule has 24 heavy (non-hydrogen) atoms. The predicted octanol–water partition coefficient (Wildman–Crippen LogP) is 3.24. The molecule has 0 atom stereocenters. The summed E-state index contributed by atoms with van der Waals surface area (Å²) >= 11 is 1.54. The van der Waals surface area contributed by atoms with Crippen molar-refractivity contribution in [3.8, 4) is 0 Å². The molecule has 0 aliphatic heterocycles. The standard InChI is InChI=1S/C18H14N4OS/c1-12-6-7-16-20-14(8-17(23)22(16)10-12)11-24-18-15-5-3-2-4-13(15)9-19-21-18/h2-10H,11H2,1H3. The number of pyridine rings is 1. The quantitative estimate of drug-likeness (QED) is 0.538. The lowest BCUT2D eigenvalue weighted by molar-refractivity contribution is 0.953. The van der Waals surface area contributed by atoms with Crippen molar-refractivity contribution in [2.75, 3.05) is 0 Å². The summed E-state index contributed by atoms with van der Waals surface area (Å²) in [4.78, 5) is 16.8. The van der Waals surface area contributed by atoms with Crippen molar-refractivity contribution >= 4 is 28.2 Å². The molecule has 6 heteroatoms. The second kappa shape index (κ2) is 6.05. The fourth-order valence-electron chi connectivity index (χ4n) is 2.58. The van der Waals surface area contributed by atoms with E-state index in [1.807, 2.05) is 43.3 Å². The number of hydrogen-bond acceptors (Lipinski definition) is 5. The van der Waals surface area contributed by atoms with Gasteiger partial charge in [0.05, 0.1) is 11.9 Å². The van der Waals surface area contributed by atoms with Gasteiger partial charge < -0.3 is 0 Å². The largest absolute Gasteiger partial charge is 0.269 e. The van der Waals surface area contributed by atoms with Crippen LogP contribution in [0.1, 0.15) is 11.3 Å². The molecule has 4 aromatic rings. The topological polar surface area (TPSA) is 60.2 Å². The SMILES string of the molecule is Cc1ccc2nc(CSc3nncc4ccccc34)cc(=O)n2c1. The Morgan fingerprint density at radius 1 is 1.17 bits per heavy atom. The smallest absolute Gasteiger partial charge is 0.258 e. The first-order valence-corrected chi connectivity index (χ1v) is 8.51. The first-order valence-electron chi connectivity index (χ1n) is 7.53. The Kier molecular flexibility index (Phi) is 3.74. The first-order chi connectivity index (χ1) is 11.7. The molecule has 3 aromatic heterocycles. The van der Waals surface area contributed by atoms with Crippen LogP contribution in [0.2, 0.25) is 0 Å². The third-order valence-corrected chi connectivity index (χ3v) is 4.77. The monoisotopic (exact) mass is 334 g/mol. The molecule has 0 aliphatic carbocycles. The summed E-state index contributed by atoms with van der Waals surface area (Å²) in [5, 5.41) is 11.2. The minimum Gasteiger partial charge on any atom is -0.269 e. The fraction of sp³-hybridized carbons (Fsp3) is 0.111. The minimum absolute atomic E-state index is 0.0664. The van der Waals surface area contributed by atoms with E-state index in [9.17, 15) is 4.79 Å². The number of fused-ring (bicyclic) bond motifs is 2. The molecule has 0 N–H and O–H groups in total. The lowest BCUT2D eigenvalue weighted by Gasteiger charge is -2.06. The van der Waals surface area contributed by atoms with Crippen LogP contribution in [-0.2, 0) is 5.75 Å². The summed E-state index contributed by atoms with van der Waals surface area (Å²) < 4.78 is 1.57. The molecule has 0 spiro atoms. The van der Waals surface area contributed by atoms with Gasteiger partial charge in [-0.1, -0.05) is 42.1 Å². The summed E-state index contributed by atoms with van der Waals surface area (Å²) in [7, 11) is 0. The normalized spacial score (nSPS) is 11.2. The Morgan fingerprint density at radius 2 is 2.04 bits per heavy atom. The zero-order valence-electron chi connectivity index (χ0n) is 13.0. The maximum Gasteiger partial charge on any atom is 0.258 e. The van der Waals surface area contributed by atoms with Gasteiger partial charge in [-0.25, -0.2) is 4.98 Å². The van der Waals surface area contributed by atoms with E-state index in [-0.39, 0.29) is 5.56 Å². The molecule has 0 amide bonds. The van der Waals surface area contributed by atoms with E-state index in [1.165, 1.54) is 11.8 Å². The molecule has 0 saturated heterocycles. The Balaban J connectivity index is 1.67. The van der Waals surface area contributed by atoms with Crippen LogP contribution in [-0.4, -0.2) is 19.6 Å². The van der Waals surface area contributed by atoms with E-state index in [0.717, 1.165) is 27.1 Å². The van der Waals surface area contributed by atoms with Crippen LogP contribution < -0.4 is 5.56 Å². The number of rotatable bonds is 3. The van der Waals surface area contributed by atoms with Gasteiger partial charge in [0.15, 0.2) is 0 Å². The summed E-state index contributed by atoms with van der Waals surface area (Å²) in [5.41, 5.74) is 2.36. The van der Waals surface area contributed by atoms with Crippen molar-refractivity contribution in [2.45, 2.75) is 17.7 Å². The van der Waals surface area contributed by atoms with Gasteiger partial charge in [-0.15, -0.1) is 5.10 Å². The van der Waals surface area contributed by atoms with Crippen LogP contribution in [0.3, 0.4) is 0 Å². The maximum atomic E-state index is 12.3. The Hall–Kier alpha value is -2.73. The number of thioether (sulfide) groups is 1. The average Bonchev–Trinajstić information content (AvgIpc) is 2.60. The van der Waals surface area contributed by atoms with Crippen LogP contribution in [0.4, 0.5) is 0 Å². The van der Waals surface area contributed by atoms with Crippen molar-refractivity contribution in [2.24, 2.45) is 0 Å². The third kappa shape index (κ3) is 2.76. The van der Waals surface area contributed by atoms with E-state index in [1.54, 1.807) is 22.9 Å². The molecule has 4 rings (SSSR count). The van der Waals surface area contributed by atoms with Crippen LogP contribution in [0.15, 0.2) is 64.7 Å². The van der Waals surface area contributed by atoms with E-state index in [0.29, 0.717) is 11.4 Å². The highest BCUT2D eigenvalue weighted by Gasteiger charge is 2.07. The van der Waals surface area contributed by atoms with Crippen LogP contribution in [0.25, 0.3) is 16.4 Å². The highest BCUT2D eigenvalue weighted by molar-refractivity contribution is 7.98. The van der Waals surface area contributed by atoms with E-state index < -0.39 is 0 Å². The number of benzene rings is 1. The van der Waals surface area contributed by atoms with Gasteiger partial charge in [0, 0.05) is 28.8 Å². The predicted molar refractivity (Wildman–Crippen MR) is 95.3 cm³/mol. The van der Waals surface area contributed by atoms with Crippen LogP contribution in [0.5, 0.6) is 0 Å². The Morgan fingerprint density at radius 3 is 2.96 bits per heavy atom. The van der Waals surface area contributed by atoms with E-state index >= 15 is 0 Å².